The molecule has 0 saturated carbocycles. The molecule has 0 aliphatic carbocycles. The third-order valence-electron chi connectivity index (χ3n) is 2.53. The monoisotopic (exact) mass is 252 g/mol. The summed E-state index contributed by atoms with van der Waals surface area (Å²) in [5.41, 5.74) is 1.05. The van der Waals surface area contributed by atoms with Crippen molar-refractivity contribution in [3.63, 3.8) is 0 Å². The van der Waals surface area contributed by atoms with Crippen molar-refractivity contribution in [2.45, 2.75) is 32.9 Å². The molecule has 0 saturated heterocycles. The zero-order valence-electron chi connectivity index (χ0n) is 12.0. The SMILES string of the molecule is COCCN(C)c1ccc(CNC(C)(C)C)nn1. The molecule has 1 aromatic heterocycles. The maximum absolute atomic E-state index is 5.03. The van der Waals surface area contributed by atoms with E-state index in [1.807, 2.05) is 24.1 Å². The zero-order chi connectivity index (χ0) is 13.6. The average Bonchev–Trinajstić information content (AvgIpc) is 2.33. The highest BCUT2D eigenvalue weighted by Gasteiger charge is 2.09. The fourth-order valence-electron chi connectivity index (χ4n) is 1.35. The Kier molecular flexibility index (Phi) is 5.50. The van der Waals surface area contributed by atoms with Crippen LogP contribution in [0.15, 0.2) is 12.1 Å². The van der Waals surface area contributed by atoms with Crippen LogP contribution in [0.4, 0.5) is 5.82 Å². The maximum atomic E-state index is 5.03. The van der Waals surface area contributed by atoms with Gasteiger partial charge in [0.25, 0.3) is 0 Å². The number of anilines is 1. The highest BCUT2D eigenvalue weighted by atomic mass is 16.5. The van der Waals surface area contributed by atoms with Gasteiger partial charge in [-0.3, -0.25) is 0 Å². The highest BCUT2D eigenvalue weighted by Crippen LogP contribution is 2.08. The van der Waals surface area contributed by atoms with Crippen molar-refractivity contribution in [3.8, 4) is 0 Å². The Morgan fingerprint density at radius 1 is 1.28 bits per heavy atom. The summed E-state index contributed by atoms with van der Waals surface area (Å²) in [6, 6.07) is 3.99. The van der Waals surface area contributed by atoms with Gasteiger partial charge in [-0.1, -0.05) is 0 Å². The lowest BCUT2D eigenvalue weighted by Crippen LogP contribution is -2.35. The molecule has 0 amide bonds. The second-order valence-corrected chi connectivity index (χ2v) is 5.40. The quantitative estimate of drug-likeness (QED) is 0.830. The number of hydrogen-bond donors (Lipinski definition) is 1. The van der Waals surface area contributed by atoms with Crippen molar-refractivity contribution in [2.75, 3.05) is 32.2 Å². The molecule has 5 heteroatoms. The van der Waals surface area contributed by atoms with Crippen LogP contribution in [0.2, 0.25) is 0 Å². The number of nitrogens with zero attached hydrogens (tertiary/aromatic N) is 3. The minimum atomic E-state index is 0.0929. The van der Waals surface area contributed by atoms with E-state index in [1.165, 1.54) is 0 Å². The molecule has 102 valence electrons. The molecule has 0 spiro atoms. The minimum Gasteiger partial charge on any atom is -0.383 e. The summed E-state index contributed by atoms with van der Waals surface area (Å²) < 4.78 is 5.03. The molecule has 1 aromatic rings. The molecule has 0 aliphatic heterocycles. The van der Waals surface area contributed by atoms with Crippen LogP contribution in [0, 0.1) is 0 Å². The summed E-state index contributed by atoms with van der Waals surface area (Å²) in [6.07, 6.45) is 0. The molecule has 0 aliphatic rings. The molecule has 0 atom stereocenters. The van der Waals surface area contributed by atoms with Crippen LogP contribution in [0.25, 0.3) is 0 Å². The highest BCUT2D eigenvalue weighted by molar-refractivity contribution is 5.35. The van der Waals surface area contributed by atoms with Gasteiger partial charge in [-0.15, -0.1) is 5.10 Å². The topological polar surface area (TPSA) is 50.3 Å². The van der Waals surface area contributed by atoms with Gasteiger partial charge in [0.1, 0.15) is 0 Å². The number of hydrogen-bond acceptors (Lipinski definition) is 5. The van der Waals surface area contributed by atoms with Gasteiger partial charge in [0.05, 0.1) is 12.3 Å². The predicted molar refractivity (Wildman–Crippen MR) is 73.8 cm³/mol. The van der Waals surface area contributed by atoms with E-state index in [1.54, 1.807) is 7.11 Å². The minimum absolute atomic E-state index is 0.0929. The molecule has 5 nitrogen and oxygen atoms in total. The number of rotatable bonds is 6. The molecule has 1 heterocycles. The smallest absolute Gasteiger partial charge is 0.151 e. The van der Waals surface area contributed by atoms with Crippen molar-refractivity contribution in [3.05, 3.63) is 17.8 Å². The van der Waals surface area contributed by atoms with Gasteiger partial charge in [0.2, 0.25) is 0 Å². The van der Waals surface area contributed by atoms with Crippen molar-refractivity contribution < 1.29 is 4.74 Å². The van der Waals surface area contributed by atoms with Gasteiger partial charge in [-0.2, -0.15) is 5.10 Å². The number of aromatic nitrogens is 2. The van der Waals surface area contributed by atoms with E-state index in [0.717, 1.165) is 24.6 Å². The normalized spacial score (nSPS) is 11.6. The van der Waals surface area contributed by atoms with Crippen molar-refractivity contribution in [1.82, 2.24) is 15.5 Å². The number of ether oxygens (including phenoxy) is 1. The van der Waals surface area contributed by atoms with Gasteiger partial charge < -0.3 is 15.0 Å². The van der Waals surface area contributed by atoms with E-state index < -0.39 is 0 Å². The molecular weight excluding hydrogens is 228 g/mol. The first-order chi connectivity index (χ1) is 8.42. The lowest BCUT2D eigenvalue weighted by molar-refractivity contribution is 0.206. The Balaban J connectivity index is 2.52. The molecule has 0 bridgehead atoms. The fourth-order valence-corrected chi connectivity index (χ4v) is 1.35. The van der Waals surface area contributed by atoms with Crippen molar-refractivity contribution >= 4 is 5.82 Å². The first-order valence-electron chi connectivity index (χ1n) is 6.20. The molecular formula is C13H24N4O. The van der Waals surface area contributed by atoms with E-state index in [9.17, 15) is 0 Å². The Hall–Kier alpha value is -1.20. The second kappa shape index (κ2) is 6.66. The van der Waals surface area contributed by atoms with E-state index in [0.29, 0.717) is 6.61 Å². The van der Waals surface area contributed by atoms with E-state index >= 15 is 0 Å². The van der Waals surface area contributed by atoms with E-state index in [2.05, 4.69) is 36.3 Å². The van der Waals surface area contributed by atoms with E-state index in [4.69, 9.17) is 4.74 Å². The summed E-state index contributed by atoms with van der Waals surface area (Å²) >= 11 is 0. The van der Waals surface area contributed by atoms with Gasteiger partial charge in [0, 0.05) is 32.8 Å². The number of likely N-dealkylation sites (N-methyl/N-ethyl adjacent to an activating group) is 1. The summed E-state index contributed by atoms with van der Waals surface area (Å²) in [6.45, 7) is 8.63. The van der Waals surface area contributed by atoms with Crippen LogP contribution in [0.1, 0.15) is 26.5 Å². The lowest BCUT2D eigenvalue weighted by atomic mass is 10.1. The third kappa shape index (κ3) is 5.42. The van der Waals surface area contributed by atoms with E-state index in [-0.39, 0.29) is 5.54 Å². The second-order valence-electron chi connectivity index (χ2n) is 5.40. The summed E-state index contributed by atoms with van der Waals surface area (Å²) in [5, 5.41) is 11.8. The number of nitrogens with one attached hydrogen (secondary N) is 1. The van der Waals surface area contributed by atoms with Crippen LogP contribution < -0.4 is 10.2 Å². The van der Waals surface area contributed by atoms with Crippen LogP contribution in [0.5, 0.6) is 0 Å². The van der Waals surface area contributed by atoms with Gasteiger partial charge in [-0.25, -0.2) is 0 Å². The summed E-state index contributed by atoms with van der Waals surface area (Å²) in [7, 11) is 3.68. The standard InChI is InChI=1S/C13H24N4O/c1-13(2,3)14-10-11-6-7-12(16-15-11)17(4)8-9-18-5/h6-7,14H,8-10H2,1-5H3. The third-order valence-corrected chi connectivity index (χ3v) is 2.53. The first kappa shape index (κ1) is 14.9. The Morgan fingerprint density at radius 3 is 2.50 bits per heavy atom. The first-order valence-corrected chi connectivity index (χ1v) is 6.20. The zero-order valence-corrected chi connectivity index (χ0v) is 12.0. The Labute approximate surface area is 110 Å². The molecule has 1 N–H and O–H groups in total. The predicted octanol–water partition coefficient (Wildman–Crippen LogP) is 1.45. The van der Waals surface area contributed by atoms with Crippen LogP contribution in [-0.2, 0) is 11.3 Å². The van der Waals surface area contributed by atoms with Crippen LogP contribution >= 0.6 is 0 Å². The number of methoxy groups -OCH3 is 1. The largest absolute Gasteiger partial charge is 0.383 e. The van der Waals surface area contributed by atoms with Crippen LogP contribution in [-0.4, -0.2) is 43.0 Å². The Morgan fingerprint density at radius 2 is 2.00 bits per heavy atom. The lowest BCUT2D eigenvalue weighted by Gasteiger charge is -2.20. The van der Waals surface area contributed by atoms with Crippen molar-refractivity contribution in [2.24, 2.45) is 0 Å². The summed E-state index contributed by atoms with van der Waals surface area (Å²) in [5.74, 6) is 0.867. The molecule has 18 heavy (non-hydrogen) atoms. The molecule has 0 radical (unpaired) electrons. The van der Waals surface area contributed by atoms with Gasteiger partial charge in [-0.05, 0) is 32.9 Å². The van der Waals surface area contributed by atoms with Gasteiger partial charge in [0.15, 0.2) is 5.82 Å². The molecule has 0 unspecified atom stereocenters. The average molecular weight is 252 g/mol. The fraction of sp³-hybridized carbons (Fsp3) is 0.692. The maximum Gasteiger partial charge on any atom is 0.151 e. The summed E-state index contributed by atoms with van der Waals surface area (Å²) in [4.78, 5) is 2.03. The molecule has 1 rings (SSSR count). The van der Waals surface area contributed by atoms with Crippen LogP contribution in [0.3, 0.4) is 0 Å². The Bertz CT molecular complexity index is 345. The molecule has 0 fully saturated rings. The van der Waals surface area contributed by atoms with Gasteiger partial charge >= 0.3 is 0 Å². The van der Waals surface area contributed by atoms with Crippen molar-refractivity contribution in [1.29, 1.82) is 0 Å². The molecule has 0 aromatic carbocycles.